The zero-order chi connectivity index (χ0) is 14.1. The molecule has 1 atom stereocenters. The quantitative estimate of drug-likeness (QED) is 0.914. The molecule has 0 bridgehead atoms. The second-order valence-electron chi connectivity index (χ2n) is 5.29. The van der Waals surface area contributed by atoms with Gasteiger partial charge in [-0.25, -0.2) is 9.37 Å². The van der Waals surface area contributed by atoms with Crippen molar-refractivity contribution in [2.24, 2.45) is 0 Å². The third-order valence-corrected chi connectivity index (χ3v) is 5.06. The fourth-order valence-corrected chi connectivity index (χ4v) is 4.16. The number of halogens is 1. The average Bonchev–Trinajstić information content (AvgIpc) is 2.83. The topological polar surface area (TPSA) is 24.9 Å². The minimum Gasteiger partial charge on any atom is -0.309 e. The lowest BCUT2D eigenvalue weighted by atomic mass is 9.98. The van der Waals surface area contributed by atoms with E-state index in [-0.39, 0.29) is 5.82 Å². The first-order valence-corrected chi connectivity index (χ1v) is 8.00. The van der Waals surface area contributed by atoms with Crippen LogP contribution in [0.4, 0.5) is 4.39 Å². The summed E-state index contributed by atoms with van der Waals surface area (Å²) in [4.78, 5) is 6.17. The lowest BCUT2D eigenvalue weighted by Gasteiger charge is -2.21. The van der Waals surface area contributed by atoms with Crippen LogP contribution in [0.5, 0.6) is 0 Å². The van der Waals surface area contributed by atoms with Gasteiger partial charge in [0.05, 0.1) is 5.69 Å². The van der Waals surface area contributed by atoms with Gasteiger partial charge in [-0.1, -0.05) is 6.92 Å². The monoisotopic (exact) mass is 290 g/mol. The van der Waals surface area contributed by atoms with E-state index in [2.05, 4.69) is 12.2 Å². The molecule has 3 rings (SSSR count). The Morgan fingerprint density at radius 3 is 3.05 bits per heavy atom. The second kappa shape index (κ2) is 5.62. The summed E-state index contributed by atoms with van der Waals surface area (Å²) in [7, 11) is 0. The van der Waals surface area contributed by atoms with Crippen LogP contribution in [-0.2, 0) is 6.42 Å². The van der Waals surface area contributed by atoms with Gasteiger partial charge in [0.15, 0.2) is 0 Å². The van der Waals surface area contributed by atoms with Gasteiger partial charge in [0, 0.05) is 16.5 Å². The summed E-state index contributed by atoms with van der Waals surface area (Å²) in [5.74, 6) is -0.182. The minimum absolute atomic E-state index is 0.182. The van der Waals surface area contributed by atoms with Gasteiger partial charge >= 0.3 is 0 Å². The maximum atomic E-state index is 13.2. The molecular formula is C16H19FN2S. The van der Waals surface area contributed by atoms with Gasteiger partial charge in [-0.3, -0.25) is 0 Å². The number of aryl methyl sites for hydroxylation is 2. The molecule has 2 aromatic rings. The Labute approximate surface area is 123 Å². The van der Waals surface area contributed by atoms with Crippen LogP contribution in [0.15, 0.2) is 18.2 Å². The fourth-order valence-electron chi connectivity index (χ4n) is 2.84. The van der Waals surface area contributed by atoms with Gasteiger partial charge in [-0.05, 0) is 56.5 Å². The smallest absolute Gasteiger partial charge is 0.124 e. The van der Waals surface area contributed by atoms with Crippen LogP contribution in [0.2, 0.25) is 0 Å². The summed E-state index contributed by atoms with van der Waals surface area (Å²) in [5.41, 5.74) is 3.24. The SMILES string of the molecule is CCNC1CCCc2nc(-c3ccc(F)cc3C)sc21. The second-order valence-corrected chi connectivity index (χ2v) is 6.32. The van der Waals surface area contributed by atoms with Gasteiger partial charge in [0.25, 0.3) is 0 Å². The summed E-state index contributed by atoms with van der Waals surface area (Å²) >= 11 is 1.76. The van der Waals surface area contributed by atoms with Crippen LogP contribution in [0.25, 0.3) is 10.6 Å². The van der Waals surface area contributed by atoms with E-state index in [0.717, 1.165) is 29.1 Å². The van der Waals surface area contributed by atoms with Crippen LogP contribution < -0.4 is 5.32 Å². The first kappa shape index (κ1) is 13.7. The zero-order valence-electron chi connectivity index (χ0n) is 11.9. The Balaban J connectivity index is 2.00. The van der Waals surface area contributed by atoms with Gasteiger partial charge < -0.3 is 5.32 Å². The van der Waals surface area contributed by atoms with Gasteiger partial charge in [-0.2, -0.15) is 0 Å². The number of hydrogen-bond acceptors (Lipinski definition) is 3. The van der Waals surface area contributed by atoms with E-state index in [1.54, 1.807) is 17.4 Å². The van der Waals surface area contributed by atoms with Crippen molar-refractivity contribution in [2.75, 3.05) is 6.54 Å². The predicted molar refractivity (Wildman–Crippen MR) is 81.6 cm³/mol. The molecule has 106 valence electrons. The Bertz CT molecular complexity index is 621. The summed E-state index contributed by atoms with van der Waals surface area (Å²) in [6, 6.07) is 5.38. The van der Waals surface area contributed by atoms with E-state index in [0.29, 0.717) is 6.04 Å². The van der Waals surface area contributed by atoms with E-state index in [9.17, 15) is 4.39 Å². The summed E-state index contributed by atoms with van der Waals surface area (Å²) in [6.45, 7) is 5.06. The molecule has 0 aliphatic heterocycles. The summed E-state index contributed by atoms with van der Waals surface area (Å²) in [5, 5.41) is 4.56. The molecular weight excluding hydrogens is 271 g/mol. The molecule has 1 N–H and O–H groups in total. The first-order valence-electron chi connectivity index (χ1n) is 7.18. The van der Waals surface area contributed by atoms with E-state index in [1.165, 1.54) is 29.5 Å². The third kappa shape index (κ3) is 2.50. The van der Waals surface area contributed by atoms with E-state index < -0.39 is 0 Å². The molecule has 4 heteroatoms. The molecule has 0 fully saturated rings. The third-order valence-electron chi connectivity index (χ3n) is 3.82. The van der Waals surface area contributed by atoms with Crippen molar-refractivity contribution in [3.8, 4) is 10.6 Å². The molecule has 1 heterocycles. The maximum Gasteiger partial charge on any atom is 0.124 e. The normalized spacial score (nSPS) is 18.1. The summed E-state index contributed by atoms with van der Waals surface area (Å²) < 4.78 is 13.2. The van der Waals surface area contributed by atoms with Crippen LogP contribution in [-0.4, -0.2) is 11.5 Å². The predicted octanol–water partition coefficient (Wildman–Crippen LogP) is 4.24. The number of rotatable bonds is 3. The molecule has 2 nitrogen and oxygen atoms in total. The van der Waals surface area contributed by atoms with Crippen molar-refractivity contribution in [1.82, 2.24) is 10.3 Å². The highest BCUT2D eigenvalue weighted by Crippen LogP contribution is 2.38. The highest BCUT2D eigenvalue weighted by atomic mass is 32.1. The molecule has 0 spiro atoms. The van der Waals surface area contributed by atoms with Crippen LogP contribution in [0.3, 0.4) is 0 Å². The minimum atomic E-state index is -0.182. The maximum absolute atomic E-state index is 13.2. The molecule has 1 aliphatic rings. The van der Waals surface area contributed by atoms with Crippen LogP contribution >= 0.6 is 11.3 Å². The largest absolute Gasteiger partial charge is 0.309 e. The van der Waals surface area contributed by atoms with Crippen molar-refractivity contribution in [3.05, 3.63) is 40.2 Å². The lowest BCUT2D eigenvalue weighted by molar-refractivity contribution is 0.476. The highest BCUT2D eigenvalue weighted by molar-refractivity contribution is 7.15. The van der Waals surface area contributed by atoms with Gasteiger partial charge in [-0.15, -0.1) is 11.3 Å². The van der Waals surface area contributed by atoms with Crippen molar-refractivity contribution >= 4 is 11.3 Å². The van der Waals surface area contributed by atoms with Gasteiger partial charge in [0.2, 0.25) is 0 Å². The van der Waals surface area contributed by atoms with Crippen LogP contribution in [0.1, 0.15) is 41.9 Å². The molecule has 20 heavy (non-hydrogen) atoms. The molecule has 1 aromatic heterocycles. The van der Waals surface area contributed by atoms with E-state index in [4.69, 9.17) is 4.98 Å². The van der Waals surface area contributed by atoms with Crippen molar-refractivity contribution in [3.63, 3.8) is 0 Å². The molecule has 0 radical (unpaired) electrons. The fraction of sp³-hybridized carbons (Fsp3) is 0.438. The molecule has 0 saturated carbocycles. The van der Waals surface area contributed by atoms with E-state index >= 15 is 0 Å². The standard InChI is InChI=1S/C16H19FN2S/c1-3-18-13-5-4-6-14-15(13)20-16(19-14)12-8-7-11(17)9-10(12)2/h7-9,13,18H,3-6H2,1-2H3. The summed E-state index contributed by atoms with van der Waals surface area (Å²) in [6.07, 6.45) is 3.44. The number of thiazole rings is 1. The number of fused-ring (bicyclic) bond motifs is 1. The Morgan fingerprint density at radius 2 is 2.30 bits per heavy atom. The molecule has 0 amide bonds. The van der Waals surface area contributed by atoms with Crippen molar-refractivity contribution < 1.29 is 4.39 Å². The number of nitrogens with one attached hydrogen (secondary N) is 1. The number of aromatic nitrogens is 1. The van der Waals surface area contributed by atoms with Gasteiger partial charge in [0.1, 0.15) is 10.8 Å². The van der Waals surface area contributed by atoms with Crippen molar-refractivity contribution in [1.29, 1.82) is 0 Å². The zero-order valence-corrected chi connectivity index (χ0v) is 12.7. The molecule has 1 aliphatic carbocycles. The highest BCUT2D eigenvalue weighted by Gasteiger charge is 2.24. The molecule has 0 saturated heterocycles. The first-order chi connectivity index (χ1) is 9.69. The number of benzene rings is 1. The average molecular weight is 290 g/mol. The van der Waals surface area contributed by atoms with Crippen LogP contribution in [0, 0.1) is 12.7 Å². The van der Waals surface area contributed by atoms with E-state index in [1.807, 2.05) is 13.0 Å². The molecule has 1 unspecified atom stereocenters. The molecule has 1 aromatic carbocycles. The lowest BCUT2D eigenvalue weighted by Crippen LogP contribution is -2.23. The number of nitrogens with zero attached hydrogens (tertiary/aromatic N) is 1. The number of hydrogen-bond donors (Lipinski definition) is 1. The Hall–Kier alpha value is -1.26. The van der Waals surface area contributed by atoms with Crippen molar-refractivity contribution in [2.45, 2.75) is 39.2 Å². The Morgan fingerprint density at radius 1 is 1.45 bits per heavy atom. The Kier molecular flexibility index (Phi) is 3.85.